The Morgan fingerprint density at radius 2 is 2.19 bits per heavy atom. The van der Waals surface area contributed by atoms with Crippen LogP contribution in [-0.2, 0) is 11.3 Å². The number of aromatic nitrogens is 2. The highest BCUT2D eigenvalue weighted by Gasteiger charge is 2.08. The molecular weight excluding hydrogens is 202 g/mol. The standard InChI is InChI=1S/C12H15N3O/c1-9(16)7-8-15-11-6-4-3-5-10(11)14-12(15)13-2/h3-6H,7-8H2,1-2H3,(H,13,14). The molecule has 0 aliphatic carbocycles. The summed E-state index contributed by atoms with van der Waals surface area (Å²) in [6.45, 7) is 2.28. The van der Waals surface area contributed by atoms with Crippen molar-refractivity contribution in [3.63, 3.8) is 0 Å². The molecule has 0 bridgehead atoms. The van der Waals surface area contributed by atoms with Crippen LogP contribution in [0, 0.1) is 0 Å². The van der Waals surface area contributed by atoms with Gasteiger partial charge < -0.3 is 9.88 Å². The zero-order chi connectivity index (χ0) is 11.5. The van der Waals surface area contributed by atoms with Gasteiger partial charge in [-0.3, -0.25) is 4.79 Å². The Labute approximate surface area is 94.3 Å². The first kappa shape index (κ1) is 10.7. The highest BCUT2D eigenvalue weighted by atomic mass is 16.1. The van der Waals surface area contributed by atoms with Crippen LogP contribution in [0.1, 0.15) is 13.3 Å². The maximum Gasteiger partial charge on any atom is 0.203 e. The van der Waals surface area contributed by atoms with E-state index in [4.69, 9.17) is 0 Å². The summed E-state index contributed by atoms with van der Waals surface area (Å²) in [7, 11) is 1.84. The number of nitrogens with zero attached hydrogens (tertiary/aromatic N) is 2. The van der Waals surface area contributed by atoms with E-state index in [1.165, 1.54) is 0 Å². The Morgan fingerprint density at radius 1 is 1.44 bits per heavy atom. The Balaban J connectivity index is 2.43. The first-order chi connectivity index (χ1) is 7.72. The second kappa shape index (κ2) is 4.35. The summed E-state index contributed by atoms with van der Waals surface area (Å²) >= 11 is 0. The van der Waals surface area contributed by atoms with Gasteiger partial charge in [-0.2, -0.15) is 0 Å². The number of hydrogen-bond acceptors (Lipinski definition) is 3. The number of rotatable bonds is 4. The van der Waals surface area contributed by atoms with Gasteiger partial charge in [0.15, 0.2) is 0 Å². The third-order valence-corrected chi connectivity index (χ3v) is 2.57. The van der Waals surface area contributed by atoms with Gasteiger partial charge in [0.05, 0.1) is 11.0 Å². The molecule has 1 N–H and O–H groups in total. The molecule has 2 rings (SSSR count). The molecular formula is C12H15N3O. The quantitative estimate of drug-likeness (QED) is 0.852. The molecule has 0 fully saturated rings. The number of carbonyl (C=O) groups excluding carboxylic acids is 1. The Morgan fingerprint density at radius 3 is 2.88 bits per heavy atom. The molecule has 0 radical (unpaired) electrons. The molecule has 0 amide bonds. The molecule has 0 aliphatic rings. The number of benzene rings is 1. The number of anilines is 1. The van der Waals surface area contributed by atoms with Gasteiger partial charge in [-0.15, -0.1) is 0 Å². The second-order valence-electron chi connectivity index (χ2n) is 3.78. The third-order valence-electron chi connectivity index (χ3n) is 2.57. The van der Waals surface area contributed by atoms with E-state index in [0.717, 1.165) is 17.0 Å². The van der Waals surface area contributed by atoms with Crippen LogP contribution in [0.3, 0.4) is 0 Å². The maximum absolute atomic E-state index is 11.0. The zero-order valence-corrected chi connectivity index (χ0v) is 9.53. The van der Waals surface area contributed by atoms with Gasteiger partial charge in [0, 0.05) is 20.0 Å². The van der Waals surface area contributed by atoms with E-state index < -0.39 is 0 Å². The summed E-state index contributed by atoms with van der Waals surface area (Å²) in [6.07, 6.45) is 0.537. The van der Waals surface area contributed by atoms with Gasteiger partial charge in [0.2, 0.25) is 5.95 Å². The molecule has 4 nitrogen and oxygen atoms in total. The van der Waals surface area contributed by atoms with Crippen molar-refractivity contribution in [2.45, 2.75) is 19.9 Å². The molecule has 1 heterocycles. The molecule has 84 valence electrons. The highest BCUT2D eigenvalue weighted by molar-refractivity contribution is 5.79. The minimum Gasteiger partial charge on any atom is -0.359 e. The van der Waals surface area contributed by atoms with Gasteiger partial charge in [0.25, 0.3) is 0 Å². The number of ketones is 1. The van der Waals surface area contributed by atoms with Crippen LogP contribution < -0.4 is 5.32 Å². The van der Waals surface area contributed by atoms with E-state index in [1.54, 1.807) is 6.92 Å². The minimum atomic E-state index is 0.194. The van der Waals surface area contributed by atoms with Crippen LogP contribution in [0.2, 0.25) is 0 Å². The van der Waals surface area contributed by atoms with Crippen molar-refractivity contribution in [2.24, 2.45) is 0 Å². The van der Waals surface area contributed by atoms with Crippen molar-refractivity contribution in [3.8, 4) is 0 Å². The number of imidazole rings is 1. The fourth-order valence-corrected chi connectivity index (χ4v) is 1.76. The monoisotopic (exact) mass is 217 g/mol. The largest absolute Gasteiger partial charge is 0.359 e. The van der Waals surface area contributed by atoms with Crippen LogP contribution in [0.5, 0.6) is 0 Å². The predicted molar refractivity (Wildman–Crippen MR) is 64.6 cm³/mol. The summed E-state index contributed by atoms with van der Waals surface area (Å²) in [6, 6.07) is 7.93. The van der Waals surface area contributed by atoms with Crippen LogP contribution in [0.15, 0.2) is 24.3 Å². The number of hydrogen-bond donors (Lipinski definition) is 1. The van der Waals surface area contributed by atoms with Gasteiger partial charge >= 0.3 is 0 Å². The number of para-hydroxylation sites is 2. The molecule has 4 heteroatoms. The van der Waals surface area contributed by atoms with Crippen LogP contribution in [0.4, 0.5) is 5.95 Å². The average molecular weight is 217 g/mol. The van der Waals surface area contributed by atoms with Crippen molar-refractivity contribution in [1.82, 2.24) is 9.55 Å². The lowest BCUT2D eigenvalue weighted by Crippen LogP contribution is -2.06. The lowest BCUT2D eigenvalue weighted by molar-refractivity contribution is -0.117. The first-order valence-electron chi connectivity index (χ1n) is 5.35. The number of Topliss-reactive ketones (excluding diaryl/α,β-unsaturated/α-hetero) is 1. The average Bonchev–Trinajstić information content (AvgIpc) is 2.64. The van der Waals surface area contributed by atoms with Gasteiger partial charge in [0.1, 0.15) is 5.78 Å². The number of aryl methyl sites for hydroxylation is 1. The lowest BCUT2D eigenvalue weighted by Gasteiger charge is -2.06. The summed E-state index contributed by atoms with van der Waals surface area (Å²) in [5.41, 5.74) is 2.02. The number of fused-ring (bicyclic) bond motifs is 1. The molecule has 1 aromatic carbocycles. The molecule has 2 aromatic rings. The van der Waals surface area contributed by atoms with Crippen LogP contribution in [0.25, 0.3) is 11.0 Å². The molecule has 0 saturated carbocycles. The van der Waals surface area contributed by atoms with Gasteiger partial charge in [-0.05, 0) is 19.1 Å². The van der Waals surface area contributed by atoms with E-state index in [-0.39, 0.29) is 5.78 Å². The molecule has 0 spiro atoms. The Hall–Kier alpha value is -1.84. The van der Waals surface area contributed by atoms with E-state index in [1.807, 2.05) is 35.9 Å². The van der Waals surface area contributed by atoms with E-state index >= 15 is 0 Å². The highest BCUT2D eigenvalue weighted by Crippen LogP contribution is 2.19. The molecule has 1 aromatic heterocycles. The molecule has 0 atom stereocenters. The van der Waals surface area contributed by atoms with E-state index in [9.17, 15) is 4.79 Å². The molecule has 16 heavy (non-hydrogen) atoms. The molecule has 0 unspecified atom stereocenters. The summed E-state index contributed by atoms with van der Waals surface area (Å²) in [4.78, 5) is 15.5. The first-order valence-corrected chi connectivity index (χ1v) is 5.35. The number of carbonyl (C=O) groups is 1. The Kier molecular flexibility index (Phi) is 2.90. The SMILES string of the molecule is CNc1nc2ccccc2n1CCC(C)=O. The fraction of sp³-hybridized carbons (Fsp3) is 0.333. The van der Waals surface area contributed by atoms with Crippen molar-refractivity contribution in [1.29, 1.82) is 0 Å². The van der Waals surface area contributed by atoms with Crippen molar-refractivity contribution >= 4 is 22.8 Å². The smallest absolute Gasteiger partial charge is 0.203 e. The number of nitrogens with one attached hydrogen (secondary N) is 1. The van der Waals surface area contributed by atoms with Crippen molar-refractivity contribution in [2.75, 3.05) is 12.4 Å². The van der Waals surface area contributed by atoms with E-state index in [0.29, 0.717) is 13.0 Å². The summed E-state index contributed by atoms with van der Waals surface area (Å²) in [5.74, 6) is 1.00. The van der Waals surface area contributed by atoms with E-state index in [2.05, 4.69) is 10.3 Å². The van der Waals surface area contributed by atoms with Crippen molar-refractivity contribution in [3.05, 3.63) is 24.3 Å². The third kappa shape index (κ3) is 1.91. The minimum absolute atomic E-state index is 0.194. The van der Waals surface area contributed by atoms with Gasteiger partial charge in [-0.25, -0.2) is 4.98 Å². The van der Waals surface area contributed by atoms with Crippen LogP contribution >= 0.6 is 0 Å². The summed E-state index contributed by atoms with van der Waals surface area (Å²) in [5, 5.41) is 3.05. The topological polar surface area (TPSA) is 46.9 Å². The van der Waals surface area contributed by atoms with Crippen molar-refractivity contribution < 1.29 is 4.79 Å². The molecule has 0 aliphatic heterocycles. The predicted octanol–water partition coefficient (Wildman–Crippen LogP) is 2.06. The zero-order valence-electron chi connectivity index (χ0n) is 9.53. The lowest BCUT2D eigenvalue weighted by atomic mass is 10.3. The fourth-order valence-electron chi connectivity index (χ4n) is 1.76. The second-order valence-corrected chi connectivity index (χ2v) is 3.78. The van der Waals surface area contributed by atoms with Crippen LogP contribution in [-0.4, -0.2) is 22.4 Å². The summed E-state index contributed by atoms with van der Waals surface area (Å²) < 4.78 is 2.04. The maximum atomic E-state index is 11.0. The van der Waals surface area contributed by atoms with Gasteiger partial charge in [-0.1, -0.05) is 12.1 Å². The normalized spacial score (nSPS) is 10.6. The molecule has 0 saturated heterocycles. The Bertz CT molecular complexity index is 516.